The number of nitrogens with zero attached hydrogens (tertiary/aromatic N) is 1. The molecule has 24 heavy (non-hydrogen) atoms. The molecule has 128 valence electrons. The van der Waals surface area contributed by atoms with E-state index in [0.29, 0.717) is 18.7 Å². The van der Waals surface area contributed by atoms with E-state index in [1.54, 1.807) is 6.07 Å². The van der Waals surface area contributed by atoms with E-state index in [0.717, 1.165) is 32.4 Å². The predicted octanol–water partition coefficient (Wildman–Crippen LogP) is 1.77. The van der Waals surface area contributed by atoms with Gasteiger partial charge in [0.25, 0.3) is 0 Å². The van der Waals surface area contributed by atoms with Gasteiger partial charge < -0.3 is 14.9 Å². The minimum Gasteiger partial charge on any atom is -0.507 e. The smallest absolute Gasteiger partial charge is 0.341 e. The van der Waals surface area contributed by atoms with Crippen LogP contribution in [0.1, 0.15) is 42.1 Å². The Balaban J connectivity index is 1.75. The van der Waals surface area contributed by atoms with Crippen molar-refractivity contribution < 1.29 is 19.7 Å². The van der Waals surface area contributed by atoms with Crippen molar-refractivity contribution in [1.82, 2.24) is 4.90 Å². The van der Waals surface area contributed by atoms with Crippen molar-refractivity contribution in [1.29, 1.82) is 0 Å². The maximum atomic E-state index is 11.8. The molecule has 0 aliphatic carbocycles. The summed E-state index contributed by atoms with van der Waals surface area (Å²) in [4.78, 5) is 14.0. The fraction of sp³-hybridized carbons (Fsp3) is 0.526. The zero-order valence-electron chi connectivity index (χ0n) is 13.9. The molecule has 0 radical (unpaired) electrons. The molecule has 4 rings (SSSR count). The summed E-state index contributed by atoms with van der Waals surface area (Å²) >= 11 is 0. The fourth-order valence-electron chi connectivity index (χ4n) is 3.42. The van der Waals surface area contributed by atoms with Crippen LogP contribution < -0.4 is 0 Å². The summed E-state index contributed by atoms with van der Waals surface area (Å²) in [6, 6.07) is 4.62. The average molecular weight is 329 g/mol. The molecule has 0 aromatic heterocycles. The number of phenols is 1. The van der Waals surface area contributed by atoms with E-state index < -0.39 is 11.6 Å². The van der Waals surface area contributed by atoms with Crippen molar-refractivity contribution in [2.45, 2.75) is 31.8 Å². The molecule has 5 heteroatoms. The van der Waals surface area contributed by atoms with Crippen LogP contribution in [0, 0.1) is 17.8 Å². The molecule has 3 saturated heterocycles. The number of rotatable bonds is 3. The Morgan fingerprint density at radius 2 is 2.17 bits per heavy atom. The lowest BCUT2D eigenvalue weighted by Crippen LogP contribution is -2.58. The normalized spacial score (nSPS) is 28.1. The van der Waals surface area contributed by atoms with E-state index in [-0.39, 0.29) is 17.2 Å². The maximum Gasteiger partial charge on any atom is 0.341 e. The second kappa shape index (κ2) is 6.84. The molecular formula is C19H23NO4. The van der Waals surface area contributed by atoms with Crippen LogP contribution in [0.4, 0.5) is 0 Å². The van der Waals surface area contributed by atoms with Gasteiger partial charge >= 0.3 is 5.97 Å². The number of hydrogen-bond donors (Lipinski definition) is 2. The van der Waals surface area contributed by atoms with Crippen LogP contribution in [0.15, 0.2) is 18.2 Å². The zero-order valence-corrected chi connectivity index (χ0v) is 13.9. The van der Waals surface area contributed by atoms with Gasteiger partial charge in [-0.3, -0.25) is 4.90 Å². The van der Waals surface area contributed by atoms with Gasteiger partial charge in [0.1, 0.15) is 16.9 Å². The molecule has 0 spiro atoms. The van der Waals surface area contributed by atoms with Gasteiger partial charge in [0.2, 0.25) is 0 Å². The monoisotopic (exact) mass is 329 g/mol. The number of carbonyl (C=O) groups is 1. The molecule has 0 saturated carbocycles. The van der Waals surface area contributed by atoms with E-state index in [2.05, 4.69) is 16.7 Å². The topological polar surface area (TPSA) is 70.0 Å². The molecule has 1 aromatic rings. The average Bonchev–Trinajstić information content (AvgIpc) is 2.59. The molecule has 3 aliphatic heterocycles. The minimum atomic E-state index is -0.981. The molecule has 2 bridgehead atoms. The second-order valence-electron chi connectivity index (χ2n) is 6.59. The summed E-state index contributed by atoms with van der Waals surface area (Å²) in [6.45, 7) is 4.88. The number of carbonyl (C=O) groups excluding carboxylic acids is 1. The van der Waals surface area contributed by atoms with Crippen molar-refractivity contribution in [3.05, 3.63) is 29.3 Å². The zero-order chi connectivity index (χ0) is 17.2. The Morgan fingerprint density at radius 3 is 2.75 bits per heavy atom. The number of aliphatic hydroxyl groups is 1. The van der Waals surface area contributed by atoms with Crippen LogP contribution in [0.25, 0.3) is 0 Å². The van der Waals surface area contributed by atoms with Gasteiger partial charge in [0.05, 0.1) is 6.61 Å². The van der Waals surface area contributed by atoms with Crippen molar-refractivity contribution in [2.24, 2.45) is 5.92 Å². The molecule has 3 fully saturated rings. The molecule has 1 unspecified atom stereocenters. The van der Waals surface area contributed by atoms with Crippen LogP contribution >= 0.6 is 0 Å². The largest absolute Gasteiger partial charge is 0.507 e. The Hall–Kier alpha value is -2.03. The van der Waals surface area contributed by atoms with Gasteiger partial charge in [-0.15, -0.1) is 0 Å². The lowest BCUT2D eigenvalue weighted by molar-refractivity contribution is -0.0713. The third-order valence-corrected chi connectivity index (χ3v) is 4.81. The van der Waals surface area contributed by atoms with Crippen LogP contribution in [0.2, 0.25) is 0 Å². The summed E-state index contributed by atoms with van der Waals surface area (Å²) in [5.41, 5.74) is -0.273. The number of aromatic hydroxyl groups is 1. The number of esters is 1. The number of phenolic OH excluding ortho intramolecular Hbond substituents is 1. The molecule has 0 amide bonds. The summed E-state index contributed by atoms with van der Waals surface area (Å²) in [5, 5.41) is 20.8. The molecule has 2 N–H and O–H groups in total. The third-order valence-electron chi connectivity index (χ3n) is 4.81. The first-order chi connectivity index (χ1) is 11.5. The molecule has 3 heterocycles. The van der Waals surface area contributed by atoms with Crippen molar-refractivity contribution in [3.63, 3.8) is 0 Å². The van der Waals surface area contributed by atoms with Gasteiger partial charge in [-0.1, -0.05) is 18.8 Å². The highest BCUT2D eigenvalue weighted by Gasteiger charge is 2.44. The fourth-order valence-corrected chi connectivity index (χ4v) is 3.42. The number of piperidine rings is 3. The summed E-state index contributed by atoms with van der Waals surface area (Å²) in [7, 11) is 0. The first kappa shape index (κ1) is 16.8. The predicted molar refractivity (Wildman–Crippen MR) is 89.7 cm³/mol. The quantitative estimate of drug-likeness (QED) is 0.653. The third kappa shape index (κ3) is 3.40. The highest BCUT2D eigenvalue weighted by atomic mass is 16.5. The summed E-state index contributed by atoms with van der Waals surface area (Å²) in [5.74, 6) is 5.47. The number of fused-ring (bicyclic) bond motifs is 3. The lowest BCUT2D eigenvalue weighted by atomic mass is 9.76. The SMILES string of the molecule is CCCOC(=O)c1ccc(C#CC2(O)CN3CCC2CC3)cc1O. The van der Waals surface area contributed by atoms with Crippen molar-refractivity contribution >= 4 is 5.97 Å². The Kier molecular flexibility index (Phi) is 4.79. The van der Waals surface area contributed by atoms with Crippen LogP contribution in [-0.4, -0.2) is 52.9 Å². The van der Waals surface area contributed by atoms with E-state index in [9.17, 15) is 15.0 Å². The van der Waals surface area contributed by atoms with Gasteiger partial charge in [-0.25, -0.2) is 4.79 Å². The van der Waals surface area contributed by atoms with Crippen LogP contribution in [0.5, 0.6) is 5.75 Å². The van der Waals surface area contributed by atoms with E-state index >= 15 is 0 Å². The Bertz CT molecular complexity index is 682. The van der Waals surface area contributed by atoms with Gasteiger partial charge in [-0.05, 0) is 50.6 Å². The highest BCUT2D eigenvalue weighted by Crippen LogP contribution is 2.35. The summed E-state index contributed by atoms with van der Waals surface area (Å²) in [6.07, 6.45) is 2.67. The first-order valence-corrected chi connectivity index (χ1v) is 8.50. The summed E-state index contributed by atoms with van der Waals surface area (Å²) < 4.78 is 5.02. The van der Waals surface area contributed by atoms with Crippen molar-refractivity contribution in [2.75, 3.05) is 26.2 Å². The molecule has 5 nitrogen and oxygen atoms in total. The lowest BCUT2D eigenvalue weighted by Gasteiger charge is -2.47. The highest BCUT2D eigenvalue weighted by molar-refractivity contribution is 5.92. The van der Waals surface area contributed by atoms with Crippen LogP contribution in [0.3, 0.4) is 0 Å². The maximum absolute atomic E-state index is 11.8. The molecule has 1 atom stereocenters. The van der Waals surface area contributed by atoms with Crippen LogP contribution in [-0.2, 0) is 4.74 Å². The first-order valence-electron chi connectivity index (χ1n) is 8.50. The standard InChI is InChI=1S/C19H23NO4/c1-2-11-24-18(22)16-4-3-14(12-17(16)21)5-8-19(23)13-20-9-6-15(19)7-10-20/h3-4,12,15,21,23H,2,6-7,9-11,13H2,1H3. The van der Waals surface area contributed by atoms with Gasteiger partial charge in [0, 0.05) is 18.0 Å². The molecular weight excluding hydrogens is 306 g/mol. The Labute approximate surface area is 142 Å². The number of ether oxygens (including phenoxy) is 1. The number of hydrogen-bond acceptors (Lipinski definition) is 5. The second-order valence-corrected chi connectivity index (χ2v) is 6.59. The van der Waals surface area contributed by atoms with E-state index in [4.69, 9.17) is 4.74 Å². The van der Waals surface area contributed by atoms with Gasteiger partial charge in [-0.2, -0.15) is 0 Å². The molecule has 1 aromatic carbocycles. The van der Waals surface area contributed by atoms with Gasteiger partial charge in [0.15, 0.2) is 0 Å². The van der Waals surface area contributed by atoms with E-state index in [1.807, 2.05) is 6.92 Å². The van der Waals surface area contributed by atoms with Crippen molar-refractivity contribution in [3.8, 4) is 17.6 Å². The Morgan fingerprint density at radius 1 is 1.42 bits per heavy atom. The van der Waals surface area contributed by atoms with E-state index in [1.165, 1.54) is 12.1 Å². The number of benzene rings is 1. The molecule has 3 aliphatic rings. The minimum absolute atomic E-state index is 0.135.